The average Bonchev–Trinajstić information content (AvgIpc) is 2.72. The zero-order valence-electron chi connectivity index (χ0n) is 15.6. The van der Waals surface area contributed by atoms with E-state index in [2.05, 4.69) is 30.2 Å². The molecule has 0 unspecified atom stereocenters. The van der Waals surface area contributed by atoms with Crippen molar-refractivity contribution in [2.75, 3.05) is 12.4 Å². The molecule has 0 heterocycles. The number of nitro groups is 1. The van der Waals surface area contributed by atoms with Crippen molar-refractivity contribution >= 4 is 23.8 Å². The van der Waals surface area contributed by atoms with Gasteiger partial charge in [0.25, 0.3) is 5.69 Å². The summed E-state index contributed by atoms with van der Waals surface area (Å²) < 4.78 is 10.7. The first-order valence-corrected chi connectivity index (χ1v) is 8.28. The molecule has 2 aromatic rings. The molecule has 7 nitrogen and oxygen atoms in total. The SMILES string of the molecule is C=C/C(=C\C(=C)OC)Nc1ccc(COc2ccccc2N=C)cc1[N+](=O)[O-]. The number of benzene rings is 2. The van der Waals surface area contributed by atoms with Gasteiger partial charge in [0, 0.05) is 17.8 Å². The minimum absolute atomic E-state index is 0.0907. The summed E-state index contributed by atoms with van der Waals surface area (Å²) >= 11 is 0. The Bertz CT molecular complexity index is 935. The molecule has 0 saturated heterocycles. The Labute approximate surface area is 163 Å². The maximum Gasteiger partial charge on any atom is 0.293 e. The van der Waals surface area contributed by atoms with E-state index in [-0.39, 0.29) is 12.3 Å². The lowest BCUT2D eigenvalue weighted by Gasteiger charge is -2.11. The second kappa shape index (κ2) is 9.72. The molecule has 0 saturated carbocycles. The maximum atomic E-state index is 11.5. The van der Waals surface area contributed by atoms with Crippen LogP contribution in [0.2, 0.25) is 0 Å². The first-order chi connectivity index (χ1) is 13.5. The number of ether oxygens (including phenoxy) is 2. The topological polar surface area (TPSA) is 86.0 Å². The van der Waals surface area contributed by atoms with Gasteiger partial charge in [-0.15, -0.1) is 0 Å². The van der Waals surface area contributed by atoms with Crippen LogP contribution in [0.1, 0.15) is 5.56 Å². The van der Waals surface area contributed by atoms with Crippen LogP contribution in [0.5, 0.6) is 5.75 Å². The third-order valence-electron chi connectivity index (χ3n) is 3.77. The smallest absolute Gasteiger partial charge is 0.293 e. The summed E-state index contributed by atoms with van der Waals surface area (Å²) in [7, 11) is 1.48. The second-order valence-electron chi connectivity index (χ2n) is 5.62. The molecule has 144 valence electrons. The van der Waals surface area contributed by atoms with E-state index in [1.165, 1.54) is 19.3 Å². The number of nitrogens with one attached hydrogen (secondary N) is 1. The molecule has 2 rings (SSSR count). The molecular weight excluding hydrogens is 358 g/mol. The fraction of sp³-hybridized carbons (Fsp3) is 0.0952. The molecular formula is C21H21N3O4. The Morgan fingerprint density at radius 2 is 2.07 bits per heavy atom. The molecule has 2 aromatic carbocycles. The molecule has 0 aliphatic carbocycles. The van der Waals surface area contributed by atoms with Gasteiger partial charge in [-0.3, -0.25) is 15.1 Å². The van der Waals surface area contributed by atoms with Crippen LogP contribution in [-0.2, 0) is 11.3 Å². The number of allylic oxidation sites excluding steroid dienone is 2. The van der Waals surface area contributed by atoms with Crippen molar-refractivity contribution in [1.29, 1.82) is 0 Å². The van der Waals surface area contributed by atoms with E-state index < -0.39 is 4.92 Å². The Balaban J connectivity index is 2.23. The lowest BCUT2D eigenvalue weighted by atomic mass is 10.1. The van der Waals surface area contributed by atoms with Gasteiger partial charge in [0.2, 0.25) is 0 Å². The summed E-state index contributed by atoms with van der Waals surface area (Å²) in [4.78, 5) is 14.9. The molecule has 0 aromatic heterocycles. The second-order valence-corrected chi connectivity index (χ2v) is 5.62. The van der Waals surface area contributed by atoms with Crippen LogP contribution >= 0.6 is 0 Å². The molecule has 0 amide bonds. The molecule has 1 N–H and O–H groups in total. The molecule has 0 bridgehead atoms. The molecule has 0 radical (unpaired) electrons. The summed E-state index contributed by atoms with van der Waals surface area (Å²) in [6.45, 7) is 11.0. The first kappa shape index (κ1) is 20.4. The molecule has 0 aliphatic rings. The van der Waals surface area contributed by atoms with Gasteiger partial charge in [-0.25, -0.2) is 0 Å². The highest BCUT2D eigenvalue weighted by Gasteiger charge is 2.16. The molecule has 0 aliphatic heterocycles. The Morgan fingerprint density at radius 1 is 1.32 bits per heavy atom. The van der Waals surface area contributed by atoms with Gasteiger partial charge in [-0.2, -0.15) is 0 Å². The predicted molar refractivity (Wildman–Crippen MR) is 111 cm³/mol. The molecule has 0 atom stereocenters. The number of anilines is 1. The fourth-order valence-electron chi connectivity index (χ4n) is 2.33. The summed E-state index contributed by atoms with van der Waals surface area (Å²) in [5, 5.41) is 14.5. The van der Waals surface area contributed by atoms with E-state index in [1.807, 2.05) is 12.1 Å². The number of nitro benzene ring substituents is 1. The Morgan fingerprint density at radius 3 is 2.71 bits per heavy atom. The van der Waals surface area contributed by atoms with Crippen molar-refractivity contribution in [3.05, 3.63) is 94.9 Å². The number of para-hydroxylation sites is 2. The summed E-state index contributed by atoms with van der Waals surface area (Å²) in [6.07, 6.45) is 3.11. The Hall–Kier alpha value is -3.87. The van der Waals surface area contributed by atoms with Gasteiger partial charge in [-0.1, -0.05) is 31.4 Å². The standard InChI is InChI=1S/C21H21N3O4/c1-5-17(12-15(2)27-4)23-18-11-10-16(13-20(18)24(25)26)14-28-21-9-7-6-8-19(21)22-3/h5-13,23H,1-3,14H2,4H3/b17-12+. The van der Waals surface area contributed by atoms with Crippen molar-refractivity contribution < 1.29 is 14.4 Å². The zero-order valence-corrected chi connectivity index (χ0v) is 15.6. The van der Waals surface area contributed by atoms with Crippen LogP contribution in [-0.4, -0.2) is 18.8 Å². The number of methoxy groups -OCH3 is 1. The third-order valence-corrected chi connectivity index (χ3v) is 3.77. The summed E-state index contributed by atoms with van der Waals surface area (Å²) in [5.41, 5.74) is 1.99. The highest BCUT2D eigenvalue weighted by Crippen LogP contribution is 2.30. The van der Waals surface area contributed by atoms with E-state index >= 15 is 0 Å². The number of hydrogen-bond acceptors (Lipinski definition) is 6. The Kier molecular flexibility index (Phi) is 7.10. The molecule has 0 fully saturated rings. The predicted octanol–water partition coefficient (Wildman–Crippen LogP) is 5.15. The monoisotopic (exact) mass is 379 g/mol. The van der Waals surface area contributed by atoms with Gasteiger partial charge in [-0.05, 0) is 36.6 Å². The van der Waals surface area contributed by atoms with Crippen LogP contribution in [0.3, 0.4) is 0 Å². The third kappa shape index (κ3) is 5.31. The van der Waals surface area contributed by atoms with E-state index in [0.29, 0.717) is 34.1 Å². The normalized spacial score (nSPS) is 10.7. The van der Waals surface area contributed by atoms with Crippen LogP contribution in [0.4, 0.5) is 17.1 Å². The number of rotatable bonds is 10. The van der Waals surface area contributed by atoms with Gasteiger partial charge in [0.05, 0.1) is 12.0 Å². The van der Waals surface area contributed by atoms with Crippen LogP contribution < -0.4 is 10.1 Å². The van der Waals surface area contributed by atoms with Crippen molar-refractivity contribution in [3.63, 3.8) is 0 Å². The minimum Gasteiger partial charge on any atom is -0.497 e. The van der Waals surface area contributed by atoms with E-state index in [9.17, 15) is 10.1 Å². The molecule has 7 heteroatoms. The van der Waals surface area contributed by atoms with Crippen molar-refractivity contribution in [2.45, 2.75) is 6.61 Å². The van der Waals surface area contributed by atoms with Gasteiger partial charge in [0.1, 0.15) is 29.5 Å². The highest BCUT2D eigenvalue weighted by atomic mass is 16.6. The number of hydrogen-bond donors (Lipinski definition) is 1. The van der Waals surface area contributed by atoms with E-state index in [0.717, 1.165) is 0 Å². The van der Waals surface area contributed by atoms with Gasteiger partial charge < -0.3 is 14.8 Å². The first-order valence-electron chi connectivity index (χ1n) is 8.28. The lowest BCUT2D eigenvalue weighted by Crippen LogP contribution is -2.03. The van der Waals surface area contributed by atoms with Gasteiger partial charge >= 0.3 is 0 Å². The molecule has 28 heavy (non-hydrogen) atoms. The quantitative estimate of drug-likeness (QED) is 0.203. The minimum atomic E-state index is -0.461. The number of nitrogens with zero attached hydrogens (tertiary/aromatic N) is 2. The fourth-order valence-corrected chi connectivity index (χ4v) is 2.33. The highest BCUT2D eigenvalue weighted by molar-refractivity contribution is 5.66. The maximum absolute atomic E-state index is 11.5. The summed E-state index contributed by atoms with van der Waals surface area (Å²) in [5.74, 6) is 0.946. The van der Waals surface area contributed by atoms with E-state index in [1.54, 1.807) is 30.3 Å². The molecule has 0 spiro atoms. The largest absolute Gasteiger partial charge is 0.497 e. The summed E-state index contributed by atoms with van der Waals surface area (Å²) in [6, 6.07) is 12.0. The average molecular weight is 379 g/mol. The zero-order chi connectivity index (χ0) is 20.5. The van der Waals surface area contributed by atoms with Crippen LogP contribution in [0, 0.1) is 10.1 Å². The van der Waals surface area contributed by atoms with E-state index in [4.69, 9.17) is 9.47 Å². The van der Waals surface area contributed by atoms with Crippen LogP contribution in [0.25, 0.3) is 0 Å². The van der Waals surface area contributed by atoms with Crippen molar-refractivity contribution in [2.24, 2.45) is 4.99 Å². The van der Waals surface area contributed by atoms with Crippen molar-refractivity contribution in [1.82, 2.24) is 0 Å². The van der Waals surface area contributed by atoms with Crippen LogP contribution in [0.15, 0.2) is 84.2 Å². The van der Waals surface area contributed by atoms with Gasteiger partial charge in [0.15, 0.2) is 0 Å². The number of aliphatic imine (C=N–C) groups is 1. The van der Waals surface area contributed by atoms with Crippen molar-refractivity contribution in [3.8, 4) is 5.75 Å². The lowest BCUT2D eigenvalue weighted by molar-refractivity contribution is -0.384.